The molecule has 162 valence electrons. The first-order valence-electron chi connectivity index (χ1n) is 9.79. The van der Waals surface area contributed by atoms with Crippen LogP contribution in [0.5, 0.6) is 17.2 Å². The quantitative estimate of drug-likeness (QED) is 0.378. The van der Waals surface area contributed by atoms with E-state index in [1.807, 2.05) is 36.4 Å². The van der Waals surface area contributed by atoms with Crippen LogP contribution in [0.15, 0.2) is 77.3 Å². The van der Waals surface area contributed by atoms with E-state index in [9.17, 15) is 4.79 Å². The van der Waals surface area contributed by atoms with Gasteiger partial charge >= 0.3 is 0 Å². The van der Waals surface area contributed by atoms with E-state index in [1.165, 1.54) is 0 Å². The van der Waals surface area contributed by atoms with Crippen molar-refractivity contribution in [2.45, 2.75) is 0 Å². The number of anilines is 1. The van der Waals surface area contributed by atoms with Crippen LogP contribution in [0.4, 0.5) is 5.69 Å². The second kappa shape index (κ2) is 12.0. The third-order valence-electron chi connectivity index (χ3n) is 4.21. The van der Waals surface area contributed by atoms with Crippen molar-refractivity contribution in [2.24, 2.45) is 0 Å². The monoisotopic (exact) mass is 485 g/mol. The van der Waals surface area contributed by atoms with Crippen molar-refractivity contribution >= 4 is 27.5 Å². The summed E-state index contributed by atoms with van der Waals surface area (Å²) in [6.45, 7) is 1.66. The van der Waals surface area contributed by atoms with Gasteiger partial charge < -0.3 is 24.3 Å². The number of halogens is 1. The Hall–Kier alpha value is -3.03. The SMILES string of the molecule is COCCOc1ccc(Br)cc1C(=O)Nc1ccc(OCCOc2ccccc2)cc1. The molecular formula is C24H24BrNO5. The van der Waals surface area contributed by atoms with Crippen molar-refractivity contribution in [3.05, 3.63) is 82.8 Å². The number of carbonyl (C=O) groups is 1. The minimum atomic E-state index is -0.265. The fourth-order valence-corrected chi connectivity index (χ4v) is 3.07. The Morgan fingerprint density at radius 2 is 1.45 bits per heavy atom. The fourth-order valence-electron chi connectivity index (χ4n) is 2.71. The van der Waals surface area contributed by atoms with Crippen LogP contribution >= 0.6 is 15.9 Å². The van der Waals surface area contributed by atoms with Crippen LogP contribution < -0.4 is 19.5 Å². The van der Waals surface area contributed by atoms with Gasteiger partial charge in [0.05, 0.1) is 12.2 Å². The predicted molar refractivity (Wildman–Crippen MR) is 123 cm³/mol. The van der Waals surface area contributed by atoms with E-state index in [4.69, 9.17) is 18.9 Å². The first kappa shape index (κ1) is 22.7. The summed E-state index contributed by atoms with van der Waals surface area (Å²) in [4.78, 5) is 12.8. The van der Waals surface area contributed by atoms with Crippen molar-refractivity contribution < 1.29 is 23.7 Å². The molecule has 6 nitrogen and oxygen atoms in total. The molecule has 1 N–H and O–H groups in total. The van der Waals surface area contributed by atoms with E-state index in [2.05, 4.69) is 21.2 Å². The third kappa shape index (κ3) is 7.31. The molecule has 0 aliphatic carbocycles. The van der Waals surface area contributed by atoms with Gasteiger partial charge in [-0.05, 0) is 54.6 Å². The molecule has 3 rings (SSSR count). The van der Waals surface area contributed by atoms with Gasteiger partial charge in [-0.15, -0.1) is 0 Å². The molecule has 0 atom stereocenters. The highest BCUT2D eigenvalue weighted by Gasteiger charge is 2.14. The molecular weight excluding hydrogens is 462 g/mol. The number of hydrogen-bond donors (Lipinski definition) is 1. The molecule has 7 heteroatoms. The van der Waals surface area contributed by atoms with E-state index in [0.717, 1.165) is 10.2 Å². The Morgan fingerprint density at radius 1 is 0.806 bits per heavy atom. The molecule has 0 unspecified atom stereocenters. The summed E-state index contributed by atoms with van der Waals surface area (Å²) < 4.78 is 22.7. The lowest BCUT2D eigenvalue weighted by molar-refractivity contribution is 0.101. The van der Waals surface area contributed by atoms with Crippen molar-refractivity contribution in [3.8, 4) is 17.2 Å². The van der Waals surface area contributed by atoms with Gasteiger partial charge in [-0.25, -0.2) is 0 Å². The summed E-state index contributed by atoms with van der Waals surface area (Å²) in [6.07, 6.45) is 0. The molecule has 0 spiro atoms. The fraction of sp³-hybridized carbons (Fsp3) is 0.208. The highest BCUT2D eigenvalue weighted by Crippen LogP contribution is 2.25. The third-order valence-corrected chi connectivity index (χ3v) is 4.70. The first-order valence-corrected chi connectivity index (χ1v) is 10.6. The van der Waals surface area contributed by atoms with Gasteiger partial charge in [0.2, 0.25) is 0 Å². The lowest BCUT2D eigenvalue weighted by Gasteiger charge is -2.13. The largest absolute Gasteiger partial charge is 0.490 e. The van der Waals surface area contributed by atoms with Crippen LogP contribution in [0, 0.1) is 0 Å². The molecule has 0 aliphatic heterocycles. The van der Waals surface area contributed by atoms with E-state index in [0.29, 0.717) is 49.2 Å². The van der Waals surface area contributed by atoms with Gasteiger partial charge in [-0.1, -0.05) is 34.1 Å². The van der Waals surface area contributed by atoms with E-state index in [1.54, 1.807) is 43.5 Å². The van der Waals surface area contributed by atoms with Crippen LogP contribution in [0.25, 0.3) is 0 Å². The van der Waals surface area contributed by atoms with Gasteiger partial charge in [0.15, 0.2) is 0 Å². The van der Waals surface area contributed by atoms with E-state index in [-0.39, 0.29) is 5.91 Å². The van der Waals surface area contributed by atoms with Gasteiger partial charge in [-0.3, -0.25) is 4.79 Å². The maximum atomic E-state index is 12.8. The van der Waals surface area contributed by atoms with Crippen molar-refractivity contribution in [2.75, 3.05) is 38.9 Å². The Morgan fingerprint density at radius 3 is 2.13 bits per heavy atom. The minimum Gasteiger partial charge on any atom is -0.490 e. The number of nitrogens with one attached hydrogen (secondary N) is 1. The number of methoxy groups -OCH3 is 1. The van der Waals surface area contributed by atoms with Crippen LogP contribution in [-0.4, -0.2) is 39.4 Å². The molecule has 0 bridgehead atoms. The highest BCUT2D eigenvalue weighted by molar-refractivity contribution is 9.10. The van der Waals surface area contributed by atoms with Crippen molar-refractivity contribution in [1.29, 1.82) is 0 Å². The maximum Gasteiger partial charge on any atom is 0.259 e. The predicted octanol–water partition coefficient (Wildman–Crippen LogP) is 5.18. The van der Waals surface area contributed by atoms with Crippen LogP contribution in [0.2, 0.25) is 0 Å². The summed E-state index contributed by atoms with van der Waals surface area (Å²) in [6, 6.07) is 22.1. The van der Waals surface area contributed by atoms with Gasteiger partial charge in [0.25, 0.3) is 5.91 Å². The minimum absolute atomic E-state index is 0.265. The van der Waals surface area contributed by atoms with Crippen molar-refractivity contribution in [3.63, 3.8) is 0 Å². The lowest BCUT2D eigenvalue weighted by atomic mass is 10.2. The second-order valence-electron chi connectivity index (χ2n) is 6.47. The maximum absolute atomic E-state index is 12.8. The van der Waals surface area contributed by atoms with Gasteiger partial charge in [-0.2, -0.15) is 0 Å². The van der Waals surface area contributed by atoms with Crippen LogP contribution in [0.1, 0.15) is 10.4 Å². The number of carbonyl (C=O) groups excluding carboxylic acids is 1. The molecule has 3 aromatic carbocycles. The molecule has 0 radical (unpaired) electrons. The zero-order valence-electron chi connectivity index (χ0n) is 17.2. The summed E-state index contributed by atoms with van der Waals surface area (Å²) >= 11 is 3.40. The molecule has 0 heterocycles. The Balaban J connectivity index is 1.52. The molecule has 0 saturated heterocycles. The zero-order chi connectivity index (χ0) is 21.9. The average Bonchev–Trinajstić information content (AvgIpc) is 2.79. The number of amides is 1. The molecule has 1 amide bonds. The first-order chi connectivity index (χ1) is 15.2. The van der Waals surface area contributed by atoms with Crippen molar-refractivity contribution in [1.82, 2.24) is 0 Å². The Bertz CT molecular complexity index is 963. The second-order valence-corrected chi connectivity index (χ2v) is 7.39. The van der Waals surface area contributed by atoms with E-state index < -0.39 is 0 Å². The molecule has 3 aromatic rings. The summed E-state index contributed by atoms with van der Waals surface area (Å²) in [5, 5.41) is 2.88. The Kier molecular flexibility index (Phi) is 8.75. The molecule has 0 aliphatic rings. The number of ether oxygens (including phenoxy) is 4. The molecule has 0 aromatic heterocycles. The van der Waals surface area contributed by atoms with Crippen LogP contribution in [-0.2, 0) is 4.74 Å². The standard InChI is InChI=1S/C24H24BrNO5/c1-28-13-14-31-23-12-7-18(25)17-22(23)24(27)26-19-8-10-21(11-9-19)30-16-15-29-20-5-3-2-4-6-20/h2-12,17H,13-16H2,1H3,(H,26,27). The highest BCUT2D eigenvalue weighted by atomic mass is 79.9. The van der Waals surface area contributed by atoms with Gasteiger partial charge in [0.1, 0.15) is 37.1 Å². The average molecular weight is 486 g/mol. The number of rotatable bonds is 11. The molecule has 0 fully saturated rings. The smallest absolute Gasteiger partial charge is 0.259 e. The topological polar surface area (TPSA) is 66.0 Å². The number of benzene rings is 3. The number of hydrogen-bond acceptors (Lipinski definition) is 5. The normalized spacial score (nSPS) is 10.4. The summed E-state index contributed by atoms with van der Waals surface area (Å²) in [7, 11) is 1.60. The van der Waals surface area contributed by atoms with Gasteiger partial charge in [0, 0.05) is 17.3 Å². The summed E-state index contributed by atoms with van der Waals surface area (Å²) in [5.74, 6) is 1.73. The van der Waals surface area contributed by atoms with Crippen LogP contribution in [0.3, 0.4) is 0 Å². The lowest BCUT2D eigenvalue weighted by Crippen LogP contribution is -2.15. The summed E-state index contributed by atoms with van der Waals surface area (Å²) in [5.41, 5.74) is 1.09. The number of para-hydroxylation sites is 1. The van der Waals surface area contributed by atoms with E-state index >= 15 is 0 Å². The Labute approximate surface area is 190 Å². The zero-order valence-corrected chi connectivity index (χ0v) is 18.8. The molecule has 0 saturated carbocycles. The molecule has 31 heavy (non-hydrogen) atoms.